The maximum absolute atomic E-state index is 12.8. The summed E-state index contributed by atoms with van der Waals surface area (Å²) in [5.41, 5.74) is 4.17. The summed E-state index contributed by atoms with van der Waals surface area (Å²) in [7, 11) is 0. The Balaban J connectivity index is 1.11. The molecule has 0 aromatic heterocycles. The number of hydrogen-bond acceptors (Lipinski definition) is 5. The lowest BCUT2D eigenvalue weighted by molar-refractivity contribution is -0.225. The molecule has 5 nitrogen and oxygen atoms in total. The average molecular weight is 473 g/mol. The fourth-order valence-electron chi connectivity index (χ4n) is 4.71. The van der Waals surface area contributed by atoms with E-state index in [1.165, 1.54) is 35.5 Å². The van der Waals surface area contributed by atoms with Crippen LogP contribution in [-0.2, 0) is 11.3 Å². The molecule has 0 unspecified atom stereocenters. The molecule has 3 heterocycles. The van der Waals surface area contributed by atoms with Crippen LogP contribution in [0.3, 0.4) is 0 Å². The molecule has 6 rings (SSSR count). The van der Waals surface area contributed by atoms with Gasteiger partial charge in [0.2, 0.25) is 5.79 Å². The zero-order chi connectivity index (χ0) is 23.0. The van der Waals surface area contributed by atoms with Crippen molar-refractivity contribution < 1.29 is 14.3 Å². The first kappa shape index (κ1) is 21.7. The van der Waals surface area contributed by atoms with Crippen LogP contribution in [0.2, 0.25) is 0 Å². The van der Waals surface area contributed by atoms with Gasteiger partial charge in [-0.1, -0.05) is 36.4 Å². The highest BCUT2D eigenvalue weighted by Gasteiger charge is 2.42. The number of hydrogen-bond donors (Lipinski definition) is 0. The Hall–Kier alpha value is -2.80. The smallest absolute Gasteiger partial charge is 0.253 e. The van der Waals surface area contributed by atoms with Gasteiger partial charge in [-0.05, 0) is 65.9 Å². The van der Waals surface area contributed by atoms with Crippen LogP contribution in [0.1, 0.15) is 35.2 Å². The number of amides is 1. The SMILES string of the molecule is O=C(c1ccccc1)N1CCC2(CC1)OCc1cc(-c3ccc(SN4CCC4)cc3)ccc1O2. The third kappa shape index (κ3) is 4.33. The molecule has 0 bridgehead atoms. The summed E-state index contributed by atoms with van der Waals surface area (Å²) >= 11 is 1.84. The van der Waals surface area contributed by atoms with E-state index in [2.05, 4.69) is 46.8 Å². The molecule has 0 atom stereocenters. The third-order valence-electron chi connectivity index (χ3n) is 6.92. The van der Waals surface area contributed by atoms with Gasteiger partial charge in [-0.25, -0.2) is 4.31 Å². The number of ether oxygens (including phenoxy) is 2. The fraction of sp³-hybridized carbons (Fsp3) is 0.321. The van der Waals surface area contributed by atoms with E-state index in [0.717, 1.165) is 16.9 Å². The molecule has 3 aromatic carbocycles. The summed E-state index contributed by atoms with van der Waals surface area (Å²) in [5.74, 6) is 0.325. The van der Waals surface area contributed by atoms with Crippen LogP contribution in [0.5, 0.6) is 5.75 Å². The predicted octanol–water partition coefficient (Wildman–Crippen LogP) is 5.61. The Morgan fingerprint density at radius 1 is 0.853 bits per heavy atom. The molecule has 3 aliphatic heterocycles. The molecule has 1 spiro atoms. The average Bonchev–Trinajstić information content (AvgIpc) is 2.87. The predicted molar refractivity (Wildman–Crippen MR) is 134 cm³/mol. The van der Waals surface area contributed by atoms with Crippen molar-refractivity contribution in [3.8, 4) is 16.9 Å². The van der Waals surface area contributed by atoms with Crippen LogP contribution in [-0.4, -0.2) is 47.1 Å². The quantitative estimate of drug-likeness (QED) is 0.462. The molecule has 0 aliphatic carbocycles. The van der Waals surface area contributed by atoms with Crippen molar-refractivity contribution in [3.63, 3.8) is 0 Å². The van der Waals surface area contributed by atoms with Gasteiger partial charge in [0.05, 0.1) is 6.61 Å². The third-order valence-corrected chi connectivity index (χ3v) is 8.02. The fourth-order valence-corrected chi connectivity index (χ4v) is 5.70. The molecule has 1 amide bonds. The number of benzene rings is 3. The van der Waals surface area contributed by atoms with Crippen molar-refractivity contribution in [2.45, 2.75) is 36.6 Å². The molecule has 3 aliphatic rings. The number of carbonyl (C=O) groups is 1. The van der Waals surface area contributed by atoms with Gasteiger partial charge in [0.25, 0.3) is 5.91 Å². The minimum absolute atomic E-state index is 0.0746. The molecule has 0 saturated carbocycles. The lowest BCUT2D eigenvalue weighted by Gasteiger charge is -2.44. The van der Waals surface area contributed by atoms with E-state index >= 15 is 0 Å². The number of piperidine rings is 1. The van der Waals surface area contributed by atoms with Gasteiger partial charge in [0.1, 0.15) is 5.75 Å². The topological polar surface area (TPSA) is 42.0 Å². The highest BCUT2D eigenvalue weighted by molar-refractivity contribution is 7.97. The van der Waals surface area contributed by atoms with Gasteiger partial charge in [-0.15, -0.1) is 0 Å². The van der Waals surface area contributed by atoms with Gasteiger partial charge in [0.15, 0.2) is 0 Å². The second-order valence-corrected chi connectivity index (χ2v) is 10.4. The van der Waals surface area contributed by atoms with Crippen molar-refractivity contribution >= 4 is 17.9 Å². The first-order valence-corrected chi connectivity index (χ1v) is 12.8. The number of fused-ring (bicyclic) bond motifs is 1. The Morgan fingerprint density at radius 2 is 1.59 bits per heavy atom. The molecule has 2 saturated heterocycles. The summed E-state index contributed by atoms with van der Waals surface area (Å²) < 4.78 is 15.1. The highest BCUT2D eigenvalue weighted by atomic mass is 32.2. The Labute approximate surface area is 204 Å². The number of carbonyl (C=O) groups excluding carboxylic acids is 1. The van der Waals surface area contributed by atoms with E-state index in [0.29, 0.717) is 32.5 Å². The summed E-state index contributed by atoms with van der Waals surface area (Å²) in [6, 6.07) is 24.6. The highest BCUT2D eigenvalue weighted by Crippen LogP contribution is 2.39. The van der Waals surface area contributed by atoms with E-state index in [4.69, 9.17) is 9.47 Å². The van der Waals surface area contributed by atoms with Crippen LogP contribution < -0.4 is 4.74 Å². The maximum Gasteiger partial charge on any atom is 0.253 e. The summed E-state index contributed by atoms with van der Waals surface area (Å²) in [4.78, 5) is 16.0. The zero-order valence-electron chi connectivity index (χ0n) is 19.1. The largest absolute Gasteiger partial charge is 0.462 e. The number of likely N-dealkylation sites (tertiary alicyclic amines) is 1. The first-order valence-electron chi connectivity index (χ1n) is 12.0. The second-order valence-electron chi connectivity index (χ2n) is 9.18. The Morgan fingerprint density at radius 3 is 2.29 bits per heavy atom. The molecule has 174 valence electrons. The number of rotatable bonds is 4. The maximum atomic E-state index is 12.8. The van der Waals surface area contributed by atoms with Gasteiger partial charge in [-0.3, -0.25) is 4.79 Å². The first-order chi connectivity index (χ1) is 16.7. The van der Waals surface area contributed by atoms with Crippen molar-refractivity contribution in [1.29, 1.82) is 0 Å². The summed E-state index contributed by atoms with van der Waals surface area (Å²) in [6.45, 7) is 4.14. The van der Waals surface area contributed by atoms with Gasteiger partial charge < -0.3 is 14.4 Å². The second kappa shape index (κ2) is 9.10. The Bertz CT molecular complexity index is 1170. The lowest BCUT2D eigenvalue weighted by atomic mass is 9.98. The molecular weight excluding hydrogens is 444 g/mol. The van der Waals surface area contributed by atoms with E-state index in [-0.39, 0.29) is 5.91 Å². The summed E-state index contributed by atoms with van der Waals surface area (Å²) in [6.07, 6.45) is 2.64. The van der Waals surface area contributed by atoms with Gasteiger partial charge in [-0.2, -0.15) is 0 Å². The van der Waals surface area contributed by atoms with Crippen LogP contribution in [0.15, 0.2) is 77.7 Å². The van der Waals surface area contributed by atoms with Crippen molar-refractivity contribution in [1.82, 2.24) is 9.21 Å². The molecule has 3 aromatic rings. The molecule has 0 radical (unpaired) electrons. The van der Waals surface area contributed by atoms with E-state index in [9.17, 15) is 4.79 Å². The molecular formula is C28H28N2O3S. The van der Waals surface area contributed by atoms with E-state index in [1.54, 1.807) is 0 Å². The molecule has 6 heteroatoms. The summed E-state index contributed by atoms with van der Waals surface area (Å²) in [5, 5.41) is 0. The zero-order valence-corrected chi connectivity index (χ0v) is 19.9. The van der Waals surface area contributed by atoms with Crippen molar-refractivity contribution in [2.75, 3.05) is 26.2 Å². The van der Waals surface area contributed by atoms with Crippen LogP contribution in [0.25, 0.3) is 11.1 Å². The van der Waals surface area contributed by atoms with Crippen LogP contribution >= 0.6 is 11.9 Å². The van der Waals surface area contributed by atoms with Crippen LogP contribution in [0, 0.1) is 0 Å². The molecule has 0 N–H and O–H groups in total. The normalized spacial score (nSPS) is 19.2. The van der Waals surface area contributed by atoms with Gasteiger partial charge in [0, 0.05) is 55.0 Å². The lowest BCUT2D eigenvalue weighted by Crippen LogP contribution is -2.52. The minimum atomic E-state index is -0.641. The minimum Gasteiger partial charge on any atom is -0.462 e. The monoisotopic (exact) mass is 472 g/mol. The number of nitrogens with zero attached hydrogens (tertiary/aromatic N) is 2. The van der Waals surface area contributed by atoms with E-state index in [1.807, 2.05) is 47.2 Å². The van der Waals surface area contributed by atoms with Crippen molar-refractivity contribution in [2.24, 2.45) is 0 Å². The standard InChI is InChI=1S/C28H28N2O3S/c31-27(22-5-2-1-3-6-22)29-17-13-28(14-18-29)32-20-24-19-23(9-12-26(24)33-28)21-7-10-25(11-8-21)34-30-15-4-16-30/h1-3,5-12,19H,4,13-18,20H2. The van der Waals surface area contributed by atoms with Gasteiger partial charge >= 0.3 is 0 Å². The van der Waals surface area contributed by atoms with Crippen LogP contribution in [0.4, 0.5) is 0 Å². The van der Waals surface area contributed by atoms with Crippen molar-refractivity contribution in [3.05, 3.63) is 83.9 Å². The Kier molecular flexibility index (Phi) is 5.81. The van der Waals surface area contributed by atoms with E-state index < -0.39 is 5.79 Å². The molecule has 2 fully saturated rings. The molecule has 34 heavy (non-hydrogen) atoms.